The Morgan fingerprint density at radius 2 is 2.10 bits per heavy atom. The van der Waals surface area contributed by atoms with Gasteiger partial charge >= 0.3 is 6.18 Å². The first-order chi connectivity index (χ1) is 9.26. The number of aliphatic hydroxyl groups excluding tert-OH is 1. The average molecular weight is 294 g/mol. The van der Waals surface area contributed by atoms with Gasteiger partial charge in [-0.2, -0.15) is 13.2 Å². The highest BCUT2D eigenvalue weighted by molar-refractivity contribution is 5.89. The molecule has 2 aliphatic rings. The van der Waals surface area contributed by atoms with Crippen molar-refractivity contribution in [2.75, 3.05) is 19.6 Å². The molecule has 0 aromatic rings. The van der Waals surface area contributed by atoms with E-state index in [-0.39, 0.29) is 25.4 Å². The zero-order valence-electron chi connectivity index (χ0n) is 10.8. The molecular formula is C12H17F3N2O3. The monoisotopic (exact) mass is 294 g/mol. The fraction of sp³-hybridized carbons (Fsp3) is 0.833. The van der Waals surface area contributed by atoms with Crippen molar-refractivity contribution in [3.63, 3.8) is 0 Å². The number of hydrogen-bond acceptors (Lipinski definition) is 3. The summed E-state index contributed by atoms with van der Waals surface area (Å²) in [6.07, 6.45) is -3.41. The topological polar surface area (TPSA) is 69.6 Å². The molecule has 0 spiro atoms. The first-order valence-electron chi connectivity index (χ1n) is 6.56. The van der Waals surface area contributed by atoms with Crippen LogP contribution in [0.2, 0.25) is 0 Å². The van der Waals surface area contributed by atoms with E-state index < -0.39 is 36.6 Å². The lowest BCUT2D eigenvalue weighted by Crippen LogP contribution is -2.39. The van der Waals surface area contributed by atoms with E-state index in [1.165, 1.54) is 0 Å². The summed E-state index contributed by atoms with van der Waals surface area (Å²) in [4.78, 5) is 23.8. The Bertz CT molecular complexity index is 396. The van der Waals surface area contributed by atoms with E-state index in [1.54, 1.807) is 0 Å². The number of nitrogens with one attached hydrogen (secondary N) is 1. The summed E-state index contributed by atoms with van der Waals surface area (Å²) in [7, 11) is 0. The van der Waals surface area contributed by atoms with Crippen LogP contribution in [0.25, 0.3) is 0 Å². The smallest absolute Gasteiger partial charge is 0.391 e. The molecule has 1 saturated heterocycles. The van der Waals surface area contributed by atoms with Crippen molar-refractivity contribution in [2.45, 2.75) is 31.5 Å². The standard InChI is InChI=1S/C12H17F3N2O3/c13-12(14,15)6-17-5-8(3-10(17)19)11(20)16-4-9(18)7-1-2-7/h7-9,18H,1-6H2,(H,16,20). The van der Waals surface area contributed by atoms with Gasteiger partial charge in [0.2, 0.25) is 11.8 Å². The number of hydrogen-bond donors (Lipinski definition) is 2. The number of amides is 2. The number of rotatable bonds is 5. The predicted octanol–water partition coefficient (Wildman–Crippen LogP) is 0.284. The molecule has 1 saturated carbocycles. The van der Waals surface area contributed by atoms with Gasteiger partial charge in [0.15, 0.2) is 0 Å². The third-order valence-corrected chi connectivity index (χ3v) is 3.61. The molecule has 114 valence electrons. The van der Waals surface area contributed by atoms with E-state index in [4.69, 9.17) is 0 Å². The lowest BCUT2D eigenvalue weighted by Gasteiger charge is -2.18. The Kier molecular flexibility index (Phi) is 4.22. The molecule has 0 aromatic carbocycles. The van der Waals surface area contributed by atoms with Crippen LogP contribution < -0.4 is 5.32 Å². The summed E-state index contributed by atoms with van der Waals surface area (Å²) in [5, 5.41) is 12.1. The fourth-order valence-corrected chi connectivity index (χ4v) is 2.31. The maximum atomic E-state index is 12.2. The second kappa shape index (κ2) is 5.59. The van der Waals surface area contributed by atoms with Crippen molar-refractivity contribution in [1.82, 2.24) is 10.2 Å². The molecule has 0 aromatic heterocycles. The van der Waals surface area contributed by atoms with Gasteiger partial charge in [-0.1, -0.05) is 0 Å². The molecule has 5 nitrogen and oxygen atoms in total. The van der Waals surface area contributed by atoms with Gasteiger partial charge in [0.1, 0.15) is 6.54 Å². The van der Waals surface area contributed by atoms with Crippen LogP contribution in [0.5, 0.6) is 0 Å². The lowest BCUT2D eigenvalue weighted by atomic mass is 10.1. The molecule has 2 amide bonds. The van der Waals surface area contributed by atoms with Crippen LogP contribution in [0.3, 0.4) is 0 Å². The maximum absolute atomic E-state index is 12.2. The van der Waals surface area contributed by atoms with Crippen molar-refractivity contribution in [2.24, 2.45) is 11.8 Å². The molecule has 0 bridgehead atoms. The van der Waals surface area contributed by atoms with Crippen LogP contribution in [0.4, 0.5) is 13.2 Å². The number of carbonyl (C=O) groups is 2. The van der Waals surface area contributed by atoms with Crippen LogP contribution in [0.15, 0.2) is 0 Å². The SMILES string of the molecule is O=C(NCC(O)C1CC1)C1CC(=O)N(CC(F)(F)F)C1. The number of aliphatic hydroxyl groups is 1. The summed E-state index contributed by atoms with van der Waals surface area (Å²) in [5.74, 6) is -1.69. The number of alkyl halides is 3. The third-order valence-electron chi connectivity index (χ3n) is 3.61. The van der Waals surface area contributed by atoms with Gasteiger partial charge in [-0.05, 0) is 18.8 Å². The normalized spacial score (nSPS) is 24.9. The molecule has 0 radical (unpaired) electrons. The molecule has 1 aliphatic carbocycles. The molecule has 2 atom stereocenters. The second-order valence-corrected chi connectivity index (χ2v) is 5.44. The summed E-state index contributed by atoms with van der Waals surface area (Å²) < 4.78 is 36.7. The summed E-state index contributed by atoms with van der Waals surface area (Å²) in [5.41, 5.74) is 0. The van der Waals surface area contributed by atoms with E-state index in [0.717, 1.165) is 12.8 Å². The summed E-state index contributed by atoms with van der Waals surface area (Å²) in [6.45, 7) is -1.45. The number of nitrogens with zero attached hydrogens (tertiary/aromatic N) is 1. The molecule has 2 N–H and O–H groups in total. The molecule has 2 rings (SSSR count). The van der Waals surface area contributed by atoms with Crippen molar-refractivity contribution < 1.29 is 27.9 Å². The minimum Gasteiger partial charge on any atom is -0.391 e. The van der Waals surface area contributed by atoms with Gasteiger partial charge < -0.3 is 15.3 Å². The largest absolute Gasteiger partial charge is 0.406 e. The van der Waals surface area contributed by atoms with Crippen molar-refractivity contribution >= 4 is 11.8 Å². The Morgan fingerprint density at radius 3 is 2.65 bits per heavy atom. The lowest BCUT2D eigenvalue weighted by molar-refractivity contribution is -0.157. The van der Waals surface area contributed by atoms with E-state index in [9.17, 15) is 27.9 Å². The minimum atomic E-state index is -4.46. The van der Waals surface area contributed by atoms with Crippen LogP contribution in [0, 0.1) is 11.8 Å². The van der Waals surface area contributed by atoms with E-state index >= 15 is 0 Å². The van der Waals surface area contributed by atoms with Crippen LogP contribution >= 0.6 is 0 Å². The Hall–Kier alpha value is -1.31. The molecule has 1 heterocycles. The molecule has 8 heteroatoms. The predicted molar refractivity (Wildman–Crippen MR) is 62.5 cm³/mol. The highest BCUT2D eigenvalue weighted by Crippen LogP contribution is 2.32. The van der Waals surface area contributed by atoms with Crippen molar-refractivity contribution in [3.8, 4) is 0 Å². The van der Waals surface area contributed by atoms with Gasteiger partial charge in [0.25, 0.3) is 0 Å². The van der Waals surface area contributed by atoms with Crippen LogP contribution in [-0.2, 0) is 9.59 Å². The van der Waals surface area contributed by atoms with Gasteiger partial charge in [-0.25, -0.2) is 0 Å². The van der Waals surface area contributed by atoms with E-state index in [1.807, 2.05) is 0 Å². The summed E-state index contributed by atoms with van der Waals surface area (Å²) in [6, 6.07) is 0. The highest BCUT2D eigenvalue weighted by Gasteiger charge is 2.40. The molecule has 1 aliphatic heterocycles. The van der Waals surface area contributed by atoms with E-state index in [0.29, 0.717) is 4.90 Å². The third kappa shape index (κ3) is 4.09. The maximum Gasteiger partial charge on any atom is 0.406 e. The second-order valence-electron chi connectivity index (χ2n) is 5.44. The summed E-state index contributed by atoms with van der Waals surface area (Å²) >= 11 is 0. The van der Waals surface area contributed by atoms with Crippen LogP contribution in [0.1, 0.15) is 19.3 Å². The molecule has 2 unspecified atom stereocenters. The first kappa shape index (κ1) is 15.1. The zero-order valence-corrected chi connectivity index (χ0v) is 10.8. The van der Waals surface area contributed by atoms with Gasteiger partial charge in [0.05, 0.1) is 12.0 Å². The Labute approximate surface area is 114 Å². The molecule has 20 heavy (non-hydrogen) atoms. The van der Waals surface area contributed by atoms with Crippen molar-refractivity contribution in [3.05, 3.63) is 0 Å². The molecule has 2 fully saturated rings. The zero-order chi connectivity index (χ0) is 14.9. The Morgan fingerprint density at radius 1 is 1.45 bits per heavy atom. The highest BCUT2D eigenvalue weighted by atomic mass is 19.4. The quantitative estimate of drug-likeness (QED) is 0.765. The van der Waals surface area contributed by atoms with Crippen molar-refractivity contribution in [1.29, 1.82) is 0 Å². The number of halogens is 3. The van der Waals surface area contributed by atoms with Gasteiger partial charge in [0, 0.05) is 19.5 Å². The number of carbonyl (C=O) groups excluding carboxylic acids is 2. The molecular weight excluding hydrogens is 277 g/mol. The van der Waals surface area contributed by atoms with Gasteiger partial charge in [-0.15, -0.1) is 0 Å². The first-order valence-corrected chi connectivity index (χ1v) is 6.56. The average Bonchev–Trinajstić information content (AvgIpc) is 3.11. The fourth-order valence-electron chi connectivity index (χ4n) is 2.31. The Balaban J connectivity index is 1.78. The van der Waals surface area contributed by atoms with Gasteiger partial charge in [-0.3, -0.25) is 9.59 Å². The minimum absolute atomic E-state index is 0.0907. The van der Waals surface area contributed by atoms with E-state index in [2.05, 4.69) is 5.32 Å². The van der Waals surface area contributed by atoms with Crippen LogP contribution in [-0.4, -0.2) is 53.7 Å². The number of likely N-dealkylation sites (tertiary alicyclic amines) is 1.